The summed E-state index contributed by atoms with van der Waals surface area (Å²) in [5.74, 6) is 0.592. The third-order valence-corrected chi connectivity index (χ3v) is 3.57. The van der Waals surface area contributed by atoms with E-state index in [9.17, 15) is 5.11 Å². The van der Waals surface area contributed by atoms with Gasteiger partial charge in [-0.25, -0.2) is 0 Å². The predicted molar refractivity (Wildman–Crippen MR) is 79.1 cm³/mol. The number of nitrogens with zero attached hydrogens (tertiary/aromatic N) is 2. The zero-order valence-corrected chi connectivity index (χ0v) is 13.0. The minimum atomic E-state index is 0.176. The smallest absolute Gasteiger partial charge is 0.0669 e. The molecule has 1 unspecified atom stereocenters. The normalized spacial score (nSPS) is 13.2. The Labute approximate surface area is 117 Å². The van der Waals surface area contributed by atoms with Gasteiger partial charge in [-0.2, -0.15) is 5.10 Å². The maximum absolute atomic E-state index is 9.43. The predicted octanol–water partition coefficient (Wildman–Crippen LogP) is 2.04. The lowest BCUT2D eigenvalue weighted by Gasteiger charge is -2.18. The zero-order valence-electron chi connectivity index (χ0n) is 13.0. The van der Waals surface area contributed by atoms with Gasteiger partial charge in [0.05, 0.1) is 12.3 Å². The minimum Gasteiger partial charge on any atom is -0.395 e. The monoisotopic (exact) mass is 267 g/mol. The summed E-state index contributed by atoms with van der Waals surface area (Å²) in [4.78, 5) is 0. The summed E-state index contributed by atoms with van der Waals surface area (Å²) in [5, 5.41) is 17.5. The van der Waals surface area contributed by atoms with E-state index < -0.39 is 0 Å². The highest BCUT2D eigenvalue weighted by Crippen LogP contribution is 2.16. The van der Waals surface area contributed by atoms with Crippen molar-refractivity contribution in [1.29, 1.82) is 0 Å². The van der Waals surface area contributed by atoms with Crippen molar-refractivity contribution in [3.05, 3.63) is 17.0 Å². The van der Waals surface area contributed by atoms with Gasteiger partial charge in [-0.1, -0.05) is 27.7 Å². The number of rotatable bonds is 8. The van der Waals surface area contributed by atoms with Crippen LogP contribution in [0.5, 0.6) is 0 Å². The molecular formula is C15H29N3O. The van der Waals surface area contributed by atoms with Crippen LogP contribution in [-0.2, 0) is 26.4 Å². The molecule has 1 rings (SSSR count). The molecule has 0 amide bonds. The first-order valence-corrected chi connectivity index (χ1v) is 7.41. The van der Waals surface area contributed by atoms with Crippen molar-refractivity contribution in [3.63, 3.8) is 0 Å². The molecule has 4 heteroatoms. The number of aliphatic hydroxyl groups is 1. The van der Waals surface area contributed by atoms with Crippen LogP contribution in [0.4, 0.5) is 0 Å². The molecule has 1 aromatic rings. The number of hydrogen-bond donors (Lipinski definition) is 2. The summed E-state index contributed by atoms with van der Waals surface area (Å²) in [6, 6.07) is 0.176. The second kappa shape index (κ2) is 7.65. The molecule has 0 fully saturated rings. The van der Waals surface area contributed by atoms with Crippen LogP contribution in [0.15, 0.2) is 0 Å². The van der Waals surface area contributed by atoms with Crippen LogP contribution in [-0.4, -0.2) is 27.5 Å². The third-order valence-electron chi connectivity index (χ3n) is 3.57. The highest BCUT2D eigenvalue weighted by molar-refractivity contribution is 5.26. The highest BCUT2D eigenvalue weighted by atomic mass is 16.3. The van der Waals surface area contributed by atoms with Crippen molar-refractivity contribution in [2.45, 2.75) is 59.5 Å². The van der Waals surface area contributed by atoms with Gasteiger partial charge in [-0.05, 0) is 25.2 Å². The van der Waals surface area contributed by atoms with Crippen LogP contribution < -0.4 is 5.32 Å². The molecule has 0 saturated heterocycles. The molecule has 0 bridgehead atoms. The number of aliphatic hydroxyl groups excluding tert-OH is 1. The number of hydrogen-bond acceptors (Lipinski definition) is 3. The van der Waals surface area contributed by atoms with E-state index in [0.717, 1.165) is 25.8 Å². The van der Waals surface area contributed by atoms with Gasteiger partial charge in [0.2, 0.25) is 0 Å². The first-order valence-electron chi connectivity index (χ1n) is 7.41. The van der Waals surface area contributed by atoms with Crippen LogP contribution in [0.1, 0.15) is 51.1 Å². The Kier molecular flexibility index (Phi) is 6.52. The number of aryl methyl sites for hydroxylation is 2. The van der Waals surface area contributed by atoms with E-state index in [1.54, 1.807) is 0 Å². The van der Waals surface area contributed by atoms with Gasteiger partial charge in [-0.15, -0.1) is 0 Å². The highest BCUT2D eigenvalue weighted by Gasteiger charge is 2.15. The molecule has 1 aromatic heterocycles. The minimum absolute atomic E-state index is 0.176. The fraction of sp³-hybridized carbons (Fsp3) is 0.800. The van der Waals surface area contributed by atoms with Gasteiger partial charge in [0.25, 0.3) is 0 Å². The first-order chi connectivity index (χ1) is 9.03. The molecule has 0 aliphatic carbocycles. The molecule has 2 N–H and O–H groups in total. The standard InChI is InChI=1S/C15H29N3O/c1-6-14-13(15(7-2)18(5)17-14)9-16-12(10-19)8-11(3)4/h11-12,16,19H,6-10H2,1-5H3. The van der Waals surface area contributed by atoms with Gasteiger partial charge in [0.15, 0.2) is 0 Å². The van der Waals surface area contributed by atoms with Crippen molar-refractivity contribution in [1.82, 2.24) is 15.1 Å². The molecule has 110 valence electrons. The maximum atomic E-state index is 9.43. The summed E-state index contributed by atoms with van der Waals surface area (Å²) >= 11 is 0. The van der Waals surface area contributed by atoms with Gasteiger partial charge in [0, 0.05) is 30.9 Å². The van der Waals surface area contributed by atoms with Crippen molar-refractivity contribution < 1.29 is 5.11 Å². The summed E-state index contributed by atoms with van der Waals surface area (Å²) in [6.45, 7) is 9.67. The van der Waals surface area contributed by atoms with Crippen molar-refractivity contribution >= 4 is 0 Å². The Morgan fingerprint density at radius 3 is 2.42 bits per heavy atom. The molecule has 1 atom stereocenters. The van der Waals surface area contributed by atoms with Gasteiger partial charge >= 0.3 is 0 Å². The fourth-order valence-electron chi connectivity index (χ4n) is 2.63. The van der Waals surface area contributed by atoms with Crippen LogP contribution in [0, 0.1) is 5.92 Å². The van der Waals surface area contributed by atoms with Gasteiger partial charge < -0.3 is 10.4 Å². The molecule has 1 heterocycles. The van der Waals surface area contributed by atoms with Gasteiger partial charge in [-0.3, -0.25) is 4.68 Å². The summed E-state index contributed by atoms with van der Waals surface area (Å²) < 4.78 is 1.99. The topological polar surface area (TPSA) is 50.1 Å². The van der Waals surface area contributed by atoms with Crippen molar-refractivity contribution in [2.24, 2.45) is 13.0 Å². The number of aromatic nitrogens is 2. The van der Waals surface area contributed by atoms with Crippen molar-refractivity contribution in [3.8, 4) is 0 Å². The van der Waals surface area contributed by atoms with Gasteiger partial charge in [0.1, 0.15) is 0 Å². The van der Waals surface area contributed by atoms with Crippen LogP contribution >= 0.6 is 0 Å². The van der Waals surface area contributed by atoms with Crippen LogP contribution in [0.3, 0.4) is 0 Å². The molecule has 0 spiro atoms. The largest absolute Gasteiger partial charge is 0.395 e. The molecule has 0 aliphatic heterocycles. The fourth-order valence-corrected chi connectivity index (χ4v) is 2.63. The summed E-state index contributed by atoms with van der Waals surface area (Å²) in [7, 11) is 2.01. The first kappa shape index (κ1) is 16.2. The molecule has 0 radical (unpaired) electrons. The van der Waals surface area contributed by atoms with Crippen molar-refractivity contribution in [2.75, 3.05) is 6.61 Å². The Balaban J connectivity index is 2.75. The van der Waals surface area contributed by atoms with E-state index in [4.69, 9.17) is 0 Å². The Morgan fingerprint density at radius 1 is 1.26 bits per heavy atom. The number of nitrogens with one attached hydrogen (secondary N) is 1. The van der Waals surface area contributed by atoms with E-state index in [-0.39, 0.29) is 12.6 Å². The molecule has 4 nitrogen and oxygen atoms in total. The van der Waals surface area contributed by atoms with E-state index in [1.165, 1.54) is 17.0 Å². The van der Waals surface area contributed by atoms with E-state index in [0.29, 0.717) is 5.92 Å². The third kappa shape index (κ3) is 4.32. The molecule has 0 saturated carbocycles. The maximum Gasteiger partial charge on any atom is 0.0669 e. The molecule has 0 aromatic carbocycles. The van der Waals surface area contributed by atoms with Crippen LogP contribution in [0.2, 0.25) is 0 Å². The lowest BCUT2D eigenvalue weighted by molar-refractivity contribution is 0.223. The molecular weight excluding hydrogens is 238 g/mol. The Morgan fingerprint density at radius 2 is 1.95 bits per heavy atom. The lowest BCUT2D eigenvalue weighted by atomic mass is 10.0. The second-order valence-corrected chi connectivity index (χ2v) is 5.59. The zero-order chi connectivity index (χ0) is 14.4. The average molecular weight is 267 g/mol. The quantitative estimate of drug-likeness (QED) is 0.758. The van der Waals surface area contributed by atoms with E-state index in [2.05, 4.69) is 38.1 Å². The summed E-state index contributed by atoms with van der Waals surface area (Å²) in [5.41, 5.74) is 3.79. The van der Waals surface area contributed by atoms with Crippen LogP contribution in [0.25, 0.3) is 0 Å². The second-order valence-electron chi connectivity index (χ2n) is 5.59. The Hall–Kier alpha value is -0.870. The van der Waals surface area contributed by atoms with E-state index >= 15 is 0 Å². The molecule has 19 heavy (non-hydrogen) atoms. The van der Waals surface area contributed by atoms with E-state index in [1.807, 2.05) is 11.7 Å². The lowest BCUT2D eigenvalue weighted by Crippen LogP contribution is -2.33. The summed E-state index contributed by atoms with van der Waals surface area (Å²) in [6.07, 6.45) is 2.95. The molecule has 0 aliphatic rings. The average Bonchev–Trinajstić information content (AvgIpc) is 2.69. The SMILES string of the molecule is CCc1nn(C)c(CC)c1CNC(CO)CC(C)C. The Bertz CT molecular complexity index is 385.